The predicted molar refractivity (Wildman–Crippen MR) is 152 cm³/mol. The van der Waals surface area contributed by atoms with Crippen molar-refractivity contribution in [3.05, 3.63) is 0 Å². The fourth-order valence-corrected chi connectivity index (χ4v) is 5.46. The van der Waals surface area contributed by atoms with Crippen molar-refractivity contribution in [3.63, 3.8) is 0 Å². The molecule has 3 amide bonds. The van der Waals surface area contributed by atoms with Crippen LogP contribution >= 0.6 is 0 Å². The molecule has 0 aromatic carbocycles. The minimum Gasteiger partial charge on any atom is -0.481 e. The zero-order chi connectivity index (χ0) is 30.9. The number of nitrogens with zero attached hydrogens (tertiary/aromatic N) is 2. The molecule has 40 heavy (non-hydrogen) atoms. The number of carbonyl (C=O) groups is 4. The van der Waals surface area contributed by atoms with Crippen LogP contribution in [0, 0.1) is 17.8 Å². The molecular weight excluding hydrogens is 518 g/mol. The highest BCUT2D eigenvalue weighted by atomic mass is 16.6. The number of nitrogens with one attached hydrogen (secondary N) is 1. The maximum Gasteiger partial charge on any atom is 0.408 e. The van der Waals surface area contributed by atoms with Crippen LogP contribution in [0.2, 0.25) is 0 Å². The predicted octanol–water partition coefficient (Wildman–Crippen LogP) is 3.54. The van der Waals surface area contributed by atoms with Gasteiger partial charge >= 0.3 is 12.1 Å². The number of methoxy groups -OCH3 is 2. The van der Waals surface area contributed by atoms with Crippen LogP contribution in [0.3, 0.4) is 0 Å². The number of aliphatic carboxylic acids is 1. The monoisotopic (exact) mass is 571 g/mol. The molecule has 2 N–H and O–H groups in total. The van der Waals surface area contributed by atoms with Crippen molar-refractivity contribution in [2.75, 3.05) is 27.8 Å². The van der Waals surface area contributed by atoms with Gasteiger partial charge in [0.15, 0.2) is 0 Å². The van der Waals surface area contributed by atoms with Gasteiger partial charge in [-0.3, -0.25) is 14.4 Å². The standard InChI is InChI=1S/C29H53N3O8/c1-12-18(4)24(31(9)26(34)23(17(2)3)30-28(37)40-29(6,7)8)21(38-10)16-22(33)32-15-13-14-20(32)25(39-11)19(5)27(35)36/h17-21,23-25H,12-16H2,1-11H3,(H,30,37)(H,35,36)/t18-,19+,20-,21+,23-,24-,25+/m0/s1. The minimum absolute atomic E-state index is 0.0172. The SMILES string of the molecule is CC[C@H](C)[C@@H]([C@@H](CC(=O)N1CCC[C@H]1[C@H](OC)[C@@H](C)C(=O)O)OC)N(C)C(=O)[C@@H](NC(=O)OC(C)(C)C)C(C)C. The molecule has 232 valence electrons. The van der Waals surface area contributed by atoms with Crippen molar-refractivity contribution in [1.82, 2.24) is 15.1 Å². The lowest BCUT2D eigenvalue weighted by molar-refractivity contribution is -0.152. The van der Waals surface area contributed by atoms with Gasteiger partial charge in [0.05, 0.1) is 36.6 Å². The van der Waals surface area contributed by atoms with Crippen molar-refractivity contribution in [2.45, 2.75) is 117 Å². The van der Waals surface area contributed by atoms with Gasteiger partial charge in [-0.25, -0.2) is 4.79 Å². The largest absolute Gasteiger partial charge is 0.481 e. The van der Waals surface area contributed by atoms with E-state index in [1.54, 1.807) is 44.5 Å². The van der Waals surface area contributed by atoms with Gasteiger partial charge < -0.3 is 34.4 Å². The molecule has 0 unspecified atom stereocenters. The molecule has 1 aliphatic heterocycles. The van der Waals surface area contributed by atoms with Crippen molar-refractivity contribution in [3.8, 4) is 0 Å². The van der Waals surface area contributed by atoms with Gasteiger partial charge in [0.2, 0.25) is 11.8 Å². The van der Waals surface area contributed by atoms with E-state index in [1.807, 2.05) is 27.7 Å². The van der Waals surface area contributed by atoms with Gasteiger partial charge in [0.1, 0.15) is 11.6 Å². The summed E-state index contributed by atoms with van der Waals surface area (Å²) in [5, 5.41) is 12.3. The van der Waals surface area contributed by atoms with Crippen LogP contribution in [0.4, 0.5) is 4.79 Å². The summed E-state index contributed by atoms with van der Waals surface area (Å²) in [7, 11) is 4.67. The molecule has 1 saturated heterocycles. The number of ether oxygens (including phenoxy) is 3. The third kappa shape index (κ3) is 9.61. The van der Waals surface area contributed by atoms with Crippen LogP contribution in [-0.2, 0) is 28.6 Å². The van der Waals surface area contributed by atoms with Gasteiger partial charge in [-0.15, -0.1) is 0 Å². The van der Waals surface area contributed by atoms with E-state index in [0.29, 0.717) is 13.0 Å². The summed E-state index contributed by atoms with van der Waals surface area (Å²) in [5.74, 6) is -2.45. The molecule has 0 spiro atoms. The lowest BCUT2D eigenvalue weighted by atomic mass is 9.89. The summed E-state index contributed by atoms with van der Waals surface area (Å²) < 4.78 is 16.8. The number of rotatable bonds is 14. The topological polar surface area (TPSA) is 135 Å². The molecule has 1 aliphatic rings. The third-order valence-corrected chi connectivity index (χ3v) is 7.84. The zero-order valence-corrected chi connectivity index (χ0v) is 26.4. The number of carboxylic acids is 1. The summed E-state index contributed by atoms with van der Waals surface area (Å²) >= 11 is 0. The molecule has 1 heterocycles. The lowest BCUT2D eigenvalue weighted by Gasteiger charge is -2.40. The number of likely N-dealkylation sites (tertiary alicyclic amines) is 1. The average molecular weight is 572 g/mol. The Labute approximate surface area is 240 Å². The summed E-state index contributed by atoms with van der Waals surface area (Å²) in [5.41, 5.74) is -0.709. The highest BCUT2D eigenvalue weighted by molar-refractivity contribution is 5.86. The van der Waals surface area contributed by atoms with Crippen LogP contribution in [0.15, 0.2) is 0 Å². The molecule has 0 aromatic heterocycles. The van der Waals surface area contributed by atoms with E-state index >= 15 is 0 Å². The molecule has 0 bridgehead atoms. The Hall–Kier alpha value is -2.40. The fourth-order valence-electron chi connectivity index (χ4n) is 5.46. The first kappa shape index (κ1) is 35.6. The average Bonchev–Trinajstić information content (AvgIpc) is 3.34. The van der Waals surface area contributed by atoms with E-state index in [4.69, 9.17) is 14.2 Å². The number of carboxylic acid groups (broad SMARTS) is 1. The highest BCUT2D eigenvalue weighted by Gasteiger charge is 2.42. The van der Waals surface area contributed by atoms with E-state index in [0.717, 1.165) is 12.8 Å². The van der Waals surface area contributed by atoms with Crippen LogP contribution in [0.5, 0.6) is 0 Å². The van der Waals surface area contributed by atoms with E-state index in [1.165, 1.54) is 14.2 Å². The first-order valence-corrected chi connectivity index (χ1v) is 14.3. The van der Waals surface area contributed by atoms with E-state index in [9.17, 15) is 24.3 Å². The van der Waals surface area contributed by atoms with E-state index < -0.39 is 47.9 Å². The second kappa shape index (κ2) is 15.6. The van der Waals surface area contributed by atoms with Gasteiger partial charge in [-0.2, -0.15) is 0 Å². The minimum atomic E-state index is -0.974. The zero-order valence-electron chi connectivity index (χ0n) is 26.4. The molecule has 0 aromatic rings. The Morgan fingerprint density at radius 1 is 1.07 bits per heavy atom. The smallest absolute Gasteiger partial charge is 0.408 e. The fraction of sp³-hybridized carbons (Fsp3) is 0.862. The summed E-state index contributed by atoms with van der Waals surface area (Å²) in [6, 6.07) is -1.64. The Morgan fingerprint density at radius 3 is 2.12 bits per heavy atom. The molecule has 0 aliphatic carbocycles. The van der Waals surface area contributed by atoms with Crippen molar-refractivity contribution in [1.29, 1.82) is 0 Å². The summed E-state index contributed by atoms with van der Waals surface area (Å²) in [6.07, 6.45) is 0.226. The van der Waals surface area contributed by atoms with E-state index in [-0.39, 0.29) is 36.1 Å². The molecular formula is C29H53N3O8. The number of likely N-dealkylation sites (N-methyl/N-ethyl adjacent to an activating group) is 1. The molecule has 1 rings (SSSR count). The second-order valence-electron chi connectivity index (χ2n) is 12.3. The Balaban J connectivity index is 3.20. The Kier molecular flexibility index (Phi) is 13.9. The number of amides is 3. The number of alkyl carbamates (subject to hydrolysis) is 1. The number of hydrogen-bond acceptors (Lipinski definition) is 7. The van der Waals surface area contributed by atoms with Crippen LogP contribution in [0.25, 0.3) is 0 Å². The summed E-state index contributed by atoms with van der Waals surface area (Å²) in [6.45, 7) is 15.1. The Bertz CT molecular complexity index is 859. The molecule has 11 heteroatoms. The first-order chi connectivity index (χ1) is 18.5. The molecule has 11 nitrogen and oxygen atoms in total. The van der Waals surface area contributed by atoms with Gasteiger partial charge in [0, 0.05) is 27.8 Å². The van der Waals surface area contributed by atoms with Crippen LogP contribution in [-0.4, -0.2) is 103 Å². The quantitative estimate of drug-likeness (QED) is 0.323. The summed E-state index contributed by atoms with van der Waals surface area (Å²) in [4.78, 5) is 54.9. The molecule has 7 atom stereocenters. The van der Waals surface area contributed by atoms with Gasteiger partial charge in [-0.05, 0) is 52.4 Å². The normalized spacial score (nSPS) is 20.3. The number of carbonyl (C=O) groups excluding carboxylic acids is 3. The van der Waals surface area contributed by atoms with Crippen LogP contribution < -0.4 is 5.32 Å². The first-order valence-electron chi connectivity index (χ1n) is 14.3. The number of hydrogen-bond donors (Lipinski definition) is 2. The van der Waals surface area contributed by atoms with Crippen molar-refractivity contribution >= 4 is 23.9 Å². The van der Waals surface area contributed by atoms with E-state index in [2.05, 4.69) is 5.32 Å². The maximum absolute atomic E-state index is 13.8. The third-order valence-electron chi connectivity index (χ3n) is 7.84. The molecule has 0 saturated carbocycles. The van der Waals surface area contributed by atoms with Gasteiger partial charge in [-0.1, -0.05) is 34.1 Å². The maximum atomic E-state index is 13.8. The van der Waals surface area contributed by atoms with Gasteiger partial charge in [0.25, 0.3) is 0 Å². The van der Waals surface area contributed by atoms with Crippen LogP contribution in [0.1, 0.15) is 81.1 Å². The Morgan fingerprint density at radius 2 is 1.68 bits per heavy atom. The molecule has 1 fully saturated rings. The molecule has 0 radical (unpaired) electrons. The van der Waals surface area contributed by atoms with Crippen molar-refractivity contribution in [2.24, 2.45) is 17.8 Å². The second-order valence-corrected chi connectivity index (χ2v) is 12.3. The highest BCUT2D eigenvalue weighted by Crippen LogP contribution is 2.29. The lowest BCUT2D eigenvalue weighted by Crippen LogP contribution is -2.58. The van der Waals surface area contributed by atoms with Crippen molar-refractivity contribution < 1.29 is 38.5 Å².